The number of carbonyl (C=O) groups excluding carboxylic acids is 2. The molecule has 2 aromatic rings. The zero-order chi connectivity index (χ0) is 22.5. The summed E-state index contributed by atoms with van der Waals surface area (Å²) in [7, 11) is 0. The molecule has 7 heteroatoms. The lowest BCUT2D eigenvalue weighted by Gasteiger charge is -2.20. The van der Waals surface area contributed by atoms with E-state index in [1.165, 1.54) is 0 Å². The van der Waals surface area contributed by atoms with Crippen LogP contribution in [0.1, 0.15) is 43.2 Å². The van der Waals surface area contributed by atoms with Gasteiger partial charge in [-0.15, -0.1) is 0 Å². The van der Waals surface area contributed by atoms with Gasteiger partial charge in [-0.1, -0.05) is 48.5 Å². The zero-order valence-corrected chi connectivity index (χ0v) is 17.8. The van der Waals surface area contributed by atoms with Crippen LogP contribution in [-0.2, 0) is 14.3 Å². The maximum Gasteiger partial charge on any atom is 0.407 e. The largest absolute Gasteiger partial charge is 0.481 e. The summed E-state index contributed by atoms with van der Waals surface area (Å²) in [6.45, 7) is 1.78. The number of rotatable bonds is 6. The first-order valence-corrected chi connectivity index (χ1v) is 11.0. The van der Waals surface area contributed by atoms with Gasteiger partial charge in [-0.05, 0) is 54.4 Å². The van der Waals surface area contributed by atoms with E-state index < -0.39 is 23.5 Å². The van der Waals surface area contributed by atoms with E-state index in [4.69, 9.17) is 4.74 Å². The van der Waals surface area contributed by atoms with Crippen LogP contribution in [-0.4, -0.2) is 41.8 Å². The van der Waals surface area contributed by atoms with Gasteiger partial charge in [0.05, 0.1) is 5.41 Å². The SMILES string of the molecule is C[C@@H](NC(=O)OCC1c2ccccc2-c2ccccc21)C(=O)NC1CC2CC2(C(=O)O)C1. The first-order valence-electron chi connectivity index (χ1n) is 11.0. The minimum atomic E-state index is -0.775. The zero-order valence-electron chi connectivity index (χ0n) is 17.8. The molecule has 32 heavy (non-hydrogen) atoms. The van der Waals surface area contributed by atoms with Crippen LogP contribution in [0.25, 0.3) is 11.1 Å². The average molecular weight is 434 g/mol. The molecule has 5 rings (SSSR count). The van der Waals surface area contributed by atoms with E-state index >= 15 is 0 Å². The maximum atomic E-state index is 12.5. The third-order valence-corrected chi connectivity index (χ3v) is 7.26. The summed E-state index contributed by atoms with van der Waals surface area (Å²) < 4.78 is 5.49. The van der Waals surface area contributed by atoms with Crippen LogP contribution in [0.15, 0.2) is 48.5 Å². The standard InChI is InChI=1S/C25H26N2O5/c1-14(22(28)27-16-10-15-11-25(15,12-16)23(29)30)26-24(31)32-13-21-19-8-4-2-6-17(19)18-7-3-5-9-20(18)21/h2-9,14-16,21H,10-13H2,1H3,(H,26,31)(H,27,28)(H,29,30)/t14-,15?,16?,25?/m1/s1. The molecular weight excluding hydrogens is 408 g/mol. The van der Waals surface area contributed by atoms with Gasteiger partial charge in [-0.3, -0.25) is 9.59 Å². The van der Waals surface area contributed by atoms with Crippen LogP contribution in [0.2, 0.25) is 0 Å². The van der Waals surface area contributed by atoms with E-state index in [1.54, 1.807) is 6.92 Å². The molecule has 7 nitrogen and oxygen atoms in total. The number of aliphatic carboxylic acids is 1. The van der Waals surface area contributed by atoms with Gasteiger partial charge < -0.3 is 20.5 Å². The molecule has 0 spiro atoms. The quantitative estimate of drug-likeness (QED) is 0.647. The highest BCUT2D eigenvalue weighted by molar-refractivity contribution is 5.86. The first kappa shape index (κ1) is 20.5. The van der Waals surface area contributed by atoms with Gasteiger partial charge in [0.1, 0.15) is 12.6 Å². The van der Waals surface area contributed by atoms with Crippen molar-refractivity contribution >= 4 is 18.0 Å². The number of benzene rings is 2. The molecule has 2 saturated carbocycles. The molecule has 2 amide bonds. The van der Waals surface area contributed by atoms with E-state index in [9.17, 15) is 19.5 Å². The summed E-state index contributed by atoms with van der Waals surface area (Å²) in [4.78, 5) is 36.3. The second kappa shape index (κ2) is 7.65. The number of carboxylic acids is 1. The molecule has 0 heterocycles. The van der Waals surface area contributed by atoms with Crippen molar-refractivity contribution in [2.24, 2.45) is 11.3 Å². The number of hydrogen-bond acceptors (Lipinski definition) is 4. The van der Waals surface area contributed by atoms with Crippen molar-refractivity contribution in [2.45, 2.75) is 44.2 Å². The summed E-state index contributed by atoms with van der Waals surface area (Å²) in [6.07, 6.45) is 1.18. The Labute approximate surface area is 186 Å². The molecule has 0 saturated heterocycles. The third kappa shape index (κ3) is 3.42. The van der Waals surface area contributed by atoms with E-state index in [0.717, 1.165) is 22.3 Å². The fraction of sp³-hybridized carbons (Fsp3) is 0.400. The van der Waals surface area contributed by atoms with Crippen LogP contribution in [0, 0.1) is 11.3 Å². The van der Waals surface area contributed by atoms with Gasteiger partial charge in [0.25, 0.3) is 0 Å². The minimum Gasteiger partial charge on any atom is -0.481 e. The number of amides is 2. The highest BCUT2D eigenvalue weighted by atomic mass is 16.5. The van der Waals surface area contributed by atoms with Crippen LogP contribution in [0.4, 0.5) is 4.79 Å². The van der Waals surface area contributed by atoms with Gasteiger partial charge in [-0.2, -0.15) is 0 Å². The van der Waals surface area contributed by atoms with Crippen molar-refractivity contribution in [2.75, 3.05) is 6.61 Å². The van der Waals surface area contributed by atoms with Gasteiger partial charge >= 0.3 is 12.1 Å². The van der Waals surface area contributed by atoms with E-state index in [2.05, 4.69) is 22.8 Å². The molecule has 2 aromatic carbocycles. The minimum absolute atomic E-state index is 0.0466. The Morgan fingerprint density at radius 3 is 2.28 bits per heavy atom. The van der Waals surface area contributed by atoms with Crippen LogP contribution in [0.3, 0.4) is 0 Å². The Hall–Kier alpha value is -3.35. The summed E-state index contributed by atoms with van der Waals surface area (Å²) >= 11 is 0. The fourth-order valence-electron chi connectivity index (χ4n) is 5.47. The smallest absolute Gasteiger partial charge is 0.407 e. The Bertz CT molecular complexity index is 1050. The number of nitrogens with one attached hydrogen (secondary N) is 2. The van der Waals surface area contributed by atoms with Crippen molar-refractivity contribution in [1.82, 2.24) is 10.6 Å². The summed E-state index contributed by atoms with van der Waals surface area (Å²) in [5.74, 6) is -1.00. The predicted octanol–water partition coefficient (Wildman–Crippen LogP) is 3.28. The average Bonchev–Trinajstić information content (AvgIpc) is 3.21. The molecular formula is C25H26N2O5. The highest BCUT2D eigenvalue weighted by Crippen LogP contribution is 2.63. The second-order valence-electron chi connectivity index (χ2n) is 9.20. The van der Waals surface area contributed by atoms with Crippen molar-refractivity contribution in [1.29, 1.82) is 0 Å². The molecule has 0 aromatic heterocycles. The van der Waals surface area contributed by atoms with Crippen molar-refractivity contribution in [3.63, 3.8) is 0 Å². The lowest BCUT2D eigenvalue weighted by atomic mass is 9.98. The predicted molar refractivity (Wildman–Crippen MR) is 117 cm³/mol. The van der Waals surface area contributed by atoms with Crippen LogP contribution in [0.5, 0.6) is 0 Å². The van der Waals surface area contributed by atoms with Gasteiger partial charge in [0.15, 0.2) is 0 Å². The molecule has 3 aliphatic carbocycles. The summed E-state index contributed by atoms with van der Waals surface area (Å²) in [5, 5.41) is 14.8. The molecule has 4 atom stereocenters. The van der Waals surface area contributed by atoms with E-state index in [1.807, 2.05) is 36.4 Å². The number of ether oxygens (including phenoxy) is 1. The molecule has 0 aliphatic heterocycles. The number of carboxylic acid groups (broad SMARTS) is 1. The number of fused-ring (bicyclic) bond motifs is 4. The van der Waals surface area contributed by atoms with E-state index in [0.29, 0.717) is 19.3 Å². The van der Waals surface area contributed by atoms with Gasteiger partial charge in [0.2, 0.25) is 5.91 Å². The fourth-order valence-corrected chi connectivity index (χ4v) is 5.47. The molecule has 166 valence electrons. The lowest BCUT2D eigenvalue weighted by molar-refractivity contribution is -0.143. The second-order valence-corrected chi connectivity index (χ2v) is 9.20. The van der Waals surface area contributed by atoms with Gasteiger partial charge in [-0.25, -0.2) is 4.79 Å². The van der Waals surface area contributed by atoms with Crippen LogP contribution < -0.4 is 10.6 Å². The lowest BCUT2D eigenvalue weighted by Crippen LogP contribution is -2.48. The molecule has 2 fully saturated rings. The normalized spacial score (nSPS) is 25.8. The Balaban J connectivity index is 1.15. The first-order chi connectivity index (χ1) is 15.4. The van der Waals surface area contributed by atoms with E-state index in [-0.39, 0.29) is 30.4 Å². The summed E-state index contributed by atoms with van der Waals surface area (Å²) in [6, 6.07) is 15.3. The number of carbonyl (C=O) groups is 3. The topological polar surface area (TPSA) is 105 Å². The molecule has 3 aliphatic rings. The van der Waals surface area contributed by atoms with Crippen molar-refractivity contribution in [3.05, 3.63) is 59.7 Å². The monoisotopic (exact) mass is 434 g/mol. The van der Waals surface area contributed by atoms with Gasteiger partial charge in [0, 0.05) is 12.0 Å². The van der Waals surface area contributed by atoms with Crippen molar-refractivity contribution < 1.29 is 24.2 Å². The highest BCUT2D eigenvalue weighted by Gasteiger charge is 2.65. The number of hydrogen-bond donors (Lipinski definition) is 3. The molecule has 0 bridgehead atoms. The Morgan fingerprint density at radius 2 is 1.69 bits per heavy atom. The van der Waals surface area contributed by atoms with Crippen LogP contribution >= 0.6 is 0 Å². The summed E-state index contributed by atoms with van der Waals surface area (Å²) in [5.41, 5.74) is 3.90. The number of alkyl carbamates (subject to hydrolysis) is 1. The Kier molecular flexibility index (Phi) is 4.92. The molecule has 3 N–H and O–H groups in total. The third-order valence-electron chi connectivity index (χ3n) is 7.26. The molecule has 0 radical (unpaired) electrons. The van der Waals surface area contributed by atoms with Crippen molar-refractivity contribution in [3.8, 4) is 11.1 Å². The molecule has 3 unspecified atom stereocenters. The Morgan fingerprint density at radius 1 is 1.06 bits per heavy atom. The maximum absolute atomic E-state index is 12.5.